The van der Waals surface area contributed by atoms with Gasteiger partial charge in [0.1, 0.15) is 0 Å². The normalized spacial score (nSPS) is 10.3. The molecule has 0 aliphatic rings. The Bertz CT molecular complexity index is 271. The van der Waals surface area contributed by atoms with Crippen LogP contribution < -0.4 is 0 Å². The molecule has 1 aromatic carbocycles. The predicted octanol–water partition coefficient (Wildman–Crippen LogP) is 2.85. The molecule has 0 aromatic heterocycles. The van der Waals surface area contributed by atoms with E-state index in [1.807, 2.05) is 0 Å². The molecule has 0 N–H and O–H groups in total. The summed E-state index contributed by atoms with van der Waals surface area (Å²) in [7, 11) is 0. The molecule has 0 amide bonds. The van der Waals surface area contributed by atoms with Crippen LogP contribution >= 0.6 is 22.6 Å². The first-order valence-electron chi connectivity index (χ1n) is 2.52. The second-order valence-electron chi connectivity index (χ2n) is 1.78. The van der Waals surface area contributed by atoms with Crippen LogP contribution in [0, 0.1) is 26.8 Å². The van der Waals surface area contributed by atoms with E-state index in [-0.39, 0.29) is 6.07 Å². The van der Waals surface area contributed by atoms with Crippen molar-refractivity contribution in [2.75, 3.05) is 0 Å². The van der Waals surface area contributed by atoms with Crippen LogP contribution in [0.4, 0.5) is 17.6 Å². The largest absolute Gasteiger partial charge is 0.204 e. The molecule has 1 aromatic rings. The van der Waals surface area contributed by atoms with Crippen molar-refractivity contribution >= 4 is 22.6 Å². The van der Waals surface area contributed by atoms with Crippen molar-refractivity contribution in [3.8, 4) is 0 Å². The Hall–Kier alpha value is -0.330. The van der Waals surface area contributed by atoms with E-state index in [0.29, 0.717) is 0 Å². The minimum absolute atomic E-state index is 0.173. The van der Waals surface area contributed by atoms with Gasteiger partial charge >= 0.3 is 0 Å². The minimum Gasteiger partial charge on any atom is -0.204 e. The SMILES string of the molecule is Fc1cc(F)c(F)c(I)c1F. The molecule has 0 atom stereocenters. The third-order valence-corrected chi connectivity index (χ3v) is 2.01. The van der Waals surface area contributed by atoms with Gasteiger partial charge in [0.2, 0.25) is 0 Å². The van der Waals surface area contributed by atoms with Crippen molar-refractivity contribution in [3.05, 3.63) is 32.9 Å². The monoisotopic (exact) mass is 276 g/mol. The number of hydrogen-bond donors (Lipinski definition) is 0. The van der Waals surface area contributed by atoms with E-state index < -0.39 is 26.8 Å². The van der Waals surface area contributed by atoms with Crippen LogP contribution in [0.1, 0.15) is 0 Å². The minimum atomic E-state index is -1.38. The van der Waals surface area contributed by atoms with Crippen LogP contribution in [0.5, 0.6) is 0 Å². The number of benzene rings is 1. The highest BCUT2D eigenvalue weighted by molar-refractivity contribution is 14.1. The fourth-order valence-corrected chi connectivity index (χ4v) is 1.06. The molecule has 11 heavy (non-hydrogen) atoms. The van der Waals surface area contributed by atoms with Gasteiger partial charge in [-0.15, -0.1) is 0 Å². The Balaban J connectivity index is 3.46. The average Bonchev–Trinajstić information content (AvgIpc) is 1.97. The highest BCUT2D eigenvalue weighted by atomic mass is 127. The summed E-state index contributed by atoms with van der Waals surface area (Å²) < 4.78 is 48.6. The summed E-state index contributed by atoms with van der Waals surface area (Å²) >= 11 is 1.19. The van der Waals surface area contributed by atoms with Gasteiger partial charge in [-0.1, -0.05) is 0 Å². The third kappa shape index (κ3) is 1.47. The number of halogens is 5. The number of rotatable bonds is 0. The average molecular weight is 276 g/mol. The lowest BCUT2D eigenvalue weighted by Crippen LogP contribution is -1.97. The van der Waals surface area contributed by atoms with Gasteiger partial charge in [-0.2, -0.15) is 0 Å². The molecule has 0 fully saturated rings. The Morgan fingerprint density at radius 2 is 1.27 bits per heavy atom. The van der Waals surface area contributed by atoms with Gasteiger partial charge in [0.15, 0.2) is 23.3 Å². The molecule has 0 saturated heterocycles. The fraction of sp³-hybridized carbons (Fsp3) is 0. The van der Waals surface area contributed by atoms with Gasteiger partial charge in [0.05, 0.1) is 3.57 Å². The Labute approximate surface area is 73.4 Å². The van der Waals surface area contributed by atoms with E-state index in [2.05, 4.69) is 0 Å². The van der Waals surface area contributed by atoms with Crippen LogP contribution in [0.3, 0.4) is 0 Å². The first-order chi connectivity index (χ1) is 5.04. The van der Waals surface area contributed by atoms with E-state index in [4.69, 9.17) is 0 Å². The lowest BCUT2D eigenvalue weighted by Gasteiger charge is -1.98. The van der Waals surface area contributed by atoms with Crippen molar-refractivity contribution in [1.82, 2.24) is 0 Å². The second-order valence-corrected chi connectivity index (χ2v) is 2.86. The molecule has 0 aliphatic carbocycles. The predicted molar refractivity (Wildman–Crippen MR) is 39.0 cm³/mol. The molecule has 0 heterocycles. The maximum Gasteiger partial charge on any atom is 0.175 e. The van der Waals surface area contributed by atoms with Crippen LogP contribution in [0.25, 0.3) is 0 Å². The van der Waals surface area contributed by atoms with Crippen molar-refractivity contribution < 1.29 is 17.6 Å². The molecule has 0 aliphatic heterocycles. The maximum atomic E-state index is 12.4. The van der Waals surface area contributed by atoms with E-state index in [1.165, 1.54) is 22.6 Å². The van der Waals surface area contributed by atoms with Crippen LogP contribution in [0.15, 0.2) is 6.07 Å². The third-order valence-electron chi connectivity index (χ3n) is 1.06. The van der Waals surface area contributed by atoms with Gasteiger partial charge in [-0.05, 0) is 22.6 Å². The van der Waals surface area contributed by atoms with Crippen LogP contribution in [-0.4, -0.2) is 0 Å². The van der Waals surface area contributed by atoms with Crippen molar-refractivity contribution in [2.24, 2.45) is 0 Å². The molecular weight excluding hydrogens is 275 g/mol. The highest BCUT2D eigenvalue weighted by Crippen LogP contribution is 2.20. The van der Waals surface area contributed by atoms with Crippen molar-refractivity contribution in [3.63, 3.8) is 0 Å². The summed E-state index contributed by atoms with van der Waals surface area (Å²) in [6.07, 6.45) is 0. The lowest BCUT2D eigenvalue weighted by atomic mass is 10.3. The van der Waals surface area contributed by atoms with E-state index in [9.17, 15) is 17.6 Å². The zero-order valence-corrected chi connectivity index (χ0v) is 7.12. The molecule has 1 rings (SSSR count). The van der Waals surface area contributed by atoms with Crippen LogP contribution in [0.2, 0.25) is 0 Å². The zero-order valence-electron chi connectivity index (χ0n) is 4.97. The summed E-state index contributed by atoms with van der Waals surface area (Å²) in [4.78, 5) is 0. The number of hydrogen-bond acceptors (Lipinski definition) is 0. The molecule has 60 valence electrons. The molecule has 0 saturated carbocycles. The van der Waals surface area contributed by atoms with Crippen molar-refractivity contribution in [1.29, 1.82) is 0 Å². The molecule has 0 nitrogen and oxygen atoms in total. The standard InChI is InChI=1S/C6HF4I/c7-2-1-3(8)5(10)6(11)4(2)9/h1H. The zero-order chi connectivity index (χ0) is 8.59. The molecule has 0 unspecified atom stereocenters. The Morgan fingerprint density at radius 1 is 0.909 bits per heavy atom. The topological polar surface area (TPSA) is 0 Å². The fourth-order valence-electron chi connectivity index (χ4n) is 0.544. The first-order valence-corrected chi connectivity index (χ1v) is 3.60. The summed E-state index contributed by atoms with van der Waals surface area (Å²) in [5.41, 5.74) is 0. The lowest BCUT2D eigenvalue weighted by molar-refractivity contribution is 0.445. The second kappa shape index (κ2) is 2.96. The van der Waals surface area contributed by atoms with E-state index >= 15 is 0 Å². The molecule has 0 spiro atoms. The maximum absolute atomic E-state index is 12.4. The van der Waals surface area contributed by atoms with Gasteiger partial charge in [0.25, 0.3) is 0 Å². The first kappa shape index (κ1) is 8.76. The molecule has 5 heteroatoms. The van der Waals surface area contributed by atoms with Gasteiger partial charge in [-0.25, -0.2) is 17.6 Å². The van der Waals surface area contributed by atoms with E-state index in [1.54, 1.807) is 0 Å². The van der Waals surface area contributed by atoms with Crippen LogP contribution in [-0.2, 0) is 0 Å². The quantitative estimate of drug-likeness (QED) is 0.296. The highest BCUT2D eigenvalue weighted by Gasteiger charge is 2.15. The van der Waals surface area contributed by atoms with E-state index in [0.717, 1.165) is 0 Å². The van der Waals surface area contributed by atoms with Gasteiger partial charge in [0, 0.05) is 6.07 Å². The van der Waals surface area contributed by atoms with Gasteiger partial charge in [-0.3, -0.25) is 0 Å². The summed E-state index contributed by atoms with van der Waals surface area (Å²) in [6, 6.07) is 0.173. The summed E-state index contributed by atoms with van der Waals surface area (Å²) in [5.74, 6) is -5.48. The molecule has 0 radical (unpaired) electrons. The van der Waals surface area contributed by atoms with Gasteiger partial charge < -0.3 is 0 Å². The summed E-state index contributed by atoms with van der Waals surface area (Å²) in [6.45, 7) is 0. The Morgan fingerprint density at radius 3 is 1.64 bits per heavy atom. The van der Waals surface area contributed by atoms with Crippen molar-refractivity contribution in [2.45, 2.75) is 0 Å². The smallest absolute Gasteiger partial charge is 0.175 e. The Kier molecular flexibility index (Phi) is 2.36. The molecular formula is C6HF4I. The summed E-state index contributed by atoms with van der Waals surface area (Å²) in [5, 5.41) is 0. The molecule has 0 bridgehead atoms.